The van der Waals surface area contributed by atoms with Gasteiger partial charge in [-0.05, 0) is 37.1 Å². The van der Waals surface area contributed by atoms with Crippen LogP contribution in [0.4, 0.5) is 11.4 Å². The molecule has 6 heteroatoms. The molecule has 19 heavy (non-hydrogen) atoms. The van der Waals surface area contributed by atoms with Crippen molar-refractivity contribution in [1.29, 1.82) is 0 Å². The lowest BCUT2D eigenvalue weighted by molar-refractivity contribution is -0.116. The van der Waals surface area contributed by atoms with E-state index < -0.39 is 0 Å². The van der Waals surface area contributed by atoms with Crippen LogP contribution in [0.15, 0.2) is 29.0 Å². The fraction of sp³-hybridized carbons (Fsp3) is 0.231. The van der Waals surface area contributed by atoms with Gasteiger partial charge in [-0.1, -0.05) is 15.9 Å². The van der Waals surface area contributed by atoms with Crippen LogP contribution in [0.25, 0.3) is 0 Å². The molecule has 0 spiro atoms. The van der Waals surface area contributed by atoms with Gasteiger partial charge in [-0.3, -0.25) is 9.48 Å². The largest absolute Gasteiger partial charge is 0.396 e. The Balaban J connectivity index is 2.11. The van der Waals surface area contributed by atoms with E-state index in [9.17, 15) is 4.79 Å². The second kappa shape index (κ2) is 5.44. The quantitative estimate of drug-likeness (QED) is 0.911. The van der Waals surface area contributed by atoms with Gasteiger partial charge in [0.15, 0.2) is 0 Å². The zero-order chi connectivity index (χ0) is 14.0. The van der Waals surface area contributed by atoms with Crippen molar-refractivity contribution in [2.24, 2.45) is 0 Å². The van der Waals surface area contributed by atoms with Crippen molar-refractivity contribution in [2.45, 2.75) is 20.4 Å². The topological polar surface area (TPSA) is 72.9 Å². The molecule has 1 heterocycles. The van der Waals surface area contributed by atoms with Crippen LogP contribution < -0.4 is 11.1 Å². The van der Waals surface area contributed by atoms with E-state index >= 15 is 0 Å². The van der Waals surface area contributed by atoms with Gasteiger partial charge in [-0.15, -0.1) is 0 Å². The number of aryl methyl sites for hydroxylation is 2. The summed E-state index contributed by atoms with van der Waals surface area (Å²) in [6.45, 7) is 4.06. The Bertz CT molecular complexity index is 598. The number of hydrogen-bond donors (Lipinski definition) is 2. The number of aromatic nitrogens is 2. The highest BCUT2D eigenvalue weighted by Crippen LogP contribution is 2.25. The molecule has 0 aliphatic carbocycles. The van der Waals surface area contributed by atoms with Gasteiger partial charge in [0.1, 0.15) is 6.54 Å². The van der Waals surface area contributed by atoms with E-state index in [0.717, 1.165) is 21.3 Å². The first-order chi connectivity index (χ1) is 8.95. The summed E-state index contributed by atoms with van der Waals surface area (Å²) in [7, 11) is 0. The van der Waals surface area contributed by atoms with Crippen molar-refractivity contribution in [3.8, 4) is 0 Å². The number of halogens is 1. The molecule has 3 N–H and O–H groups in total. The second-order valence-electron chi connectivity index (χ2n) is 4.43. The van der Waals surface area contributed by atoms with Gasteiger partial charge in [-0.25, -0.2) is 0 Å². The third kappa shape index (κ3) is 3.35. The van der Waals surface area contributed by atoms with Crippen molar-refractivity contribution in [3.05, 3.63) is 40.1 Å². The monoisotopic (exact) mass is 322 g/mol. The van der Waals surface area contributed by atoms with Gasteiger partial charge in [0.05, 0.1) is 11.9 Å². The summed E-state index contributed by atoms with van der Waals surface area (Å²) < 4.78 is 2.51. The van der Waals surface area contributed by atoms with E-state index in [1.54, 1.807) is 6.20 Å². The lowest BCUT2D eigenvalue weighted by Crippen LogP contribution is -2.20. The number of nitrogens with zero attached hydrogens (tertiary/aromatic N) is 2. The Morgan fingerprint density at radius 3 is 2.58 bits per heavy atom. The molecular formula is C13H15BrN4O. The number of carbonyl (C=O) groups is 1. The minimum absolute atomic E-state index is 0.128. The summed E-state index contributed by atoms with van der Waals surface area (Å²) in [5.74, 6) is -0.128. The van der Waals surface area contributed by atoms with Gasteiger partial charge in [0, 0.05) is 16.4 Å². The predicted molar refractivity (Wildman–Crippen MR) is 78.9 cm³/mol. The first-order valence-electron chi connectivity index (χ1n) is 5.80. The van der Waals surface area contributed by atoms with Crippen molar-refractivity contribution in [1.82, 2.24) is 9.78 Å². The van der Waals surface area contributed by atoms with E-state index in [-0.39, 0.29) is 12.5 Å². The molecule has 0 saturated heterocycles. The third-order valence-corrected chi connectivity index (χ3v) is 3.18. The van der Waals surface area contributed by atoms with E-state index in [4.69, 9.17) is 5.73 Å². The maximum atomic E-state index is 12.0. The van der Waals surface area contributed by atoms with Crippen LogP contribution >= 0.6 is 15.9 Å². The van der Waals surface area contributed by atoms with Crippen LogP contribution in [0.2, 0.25) is 0 Å². The van der Waals surface area contributed by atoms with Crippen LogP contribution in [0.3, 0.4) is 0 Å². The Morgan fingerprint density at radius 1 is 1.42 bits per heavy atom. The Morgan fingerprint density at radius 2 is 2.05 bits per heavy atom. The fourth-order valence-electron chi connectivity index (χ4n) is 1.90. The summed E-state index contributed by atoms with van der Waals surface area (Å²) >= 11 is 3.43. The molecule has 0 atom stereocenters. The van der Waals surface area contributed by atoms with Crippen LogP contribution in [0, 0.1) is 13.8 Å². The van der Waals surface area contributed by atoms with Crippen LogP contribution in [-0.4, -0.2) is 15.7 Å². The molecule has 0 aliphatic heterocycles. The first-order valence-corrected chi connectivity index (χ1v) is 6.59. The summed E-state index contributed by atoms with van der Waals surface area (Å²) in [4.78, 5) is 12.0. The Hall–Kier alpha value is -1.82. The Kier molecular flexibility index (Phi) is 3.90. The number of benzene rings is 1. The van der Waals surface area contributed by atoms with Crippen LogP contribution in [0.1, 0.15) is 11.1 Å². The SMILES string of the molecule is Cc1cc(Br)cc(C)c1NC(=O)Cn1cc(N)cn1. The van der Waals surface area contributed by atoms with Gasteiger partial charge in [0.2, 0.25) is 5.91 Å². The summed E-state index contributed by atoms with van der Waals surface area (Å²) in [6, 6.07) is 3.93. The number of carbonyl (C=O) groups excluding carboxylic acids is 1. The van der Waals surface area contributed by atoms with Crippen LogP contribution in [-0.2, 0) is 11.3 Å². The number of nitrogen functional groups attached to an aromatic ring is 1. The third-order valence-electron chi connectivity index (χ3n) is 2.72. The van der Waals surface area contributed by atoms with Crippen molar-refractivity contribution in [3.63, 3.8) is 0 Å². The molecule has 0 bridgehead atoms. The molecule has 5 nitrogen and oxygen atoms in total. The summed E-state index contributed by atoms with van der Waals surface area (Å²) in [6.07, 6.45) is 3.14. The highest BCUT2D eigenvalue weighted by Gasteiger charge is 2.09. The zero-order valence-corrected chi connectivity index (χ0v) is 12.4. The summed E-state index contributed by atoms with van der Waals surface area (Å²) in [5, 5.41) is 6.88. The fourth-order valence-corrected chi connectivity index (χ4v) is 2.59. The summed E-state index contributed by atoms with van der Waals surface area (Å²) in [5.41, 5.74) is 8.97. The molecule has 0 unspecified atom stereocenters. The van der Waals surface area contributed by atoms with E-state index in [1.165, 1.54) is 10.9 Å². The number of hydrogen-bond acceptors (Lipinski definition) is 3. The highest BCUT2D eigenvalue weighted by molar-refractivity contribution is 9.10. The molecule has 100 valence electrons. The molecule has 2 aromatic rings. The van der Waals surface area contributed by atoms with E-state index in [2.05, 4.69) is 26.3 Å². The number of rotatable bonds is 3. The molecule has 0 aliphatic rings. The lowest BCUT2D eigenvalue weighted by atomic mass is 10.1. The Labute approximate surface area is 119 Å². The molecule has 1 aromatic heterocycles. The van der Waals surface area contributed by atoms with Gasteiger partial charge in [0.25, 0.3) is 0 Å². The standard InChI is InChI=1S/C13H15BrN4O/c1-8-3-10(14)4-9(2)13(8)17-12(19)7-18-6-11(15)5-16-18/h3-6H,7,15H2,1-2H3,(H,17,19). The van der Waals surface area contributed by atoms with E-state index in [1.807, 2.05) is 26.0 Å². The maximum absolute atomic E-state index is 12.0. The lowest BCUT2D eigenvalue weighted by Gasteiger charge is -2.12. The molecule has 1 amide bonds. The molecule has 2 rings (SSSR count). The van der Waals surface area contributed by atoms with Gasteiger partial charge < -0.3 is 11.1 Å². The average molecular weight is 323 g/mol. The number of anilines is 2. The van der Waals surface area contributed by atoms with Crippen molar-refractivity contribution >= 4 is 33.2 Å². The molecule has 0 radical (unpaired) electrons. The highest BCUT2D eigenvalue weighted by atomic mass is 79.9. The second-order valence-corrected chi connectivity index (χ2v) is 5.35. The molecule has 0 fully saturated rings. The minimum atomic E-state index is -0.128. The smallest absolute Gasteiger partial charge is 0.246 e. The zero-order valence-electron chi connectivity index (χ0n) is 10.8. The van der Waals surface area contributed by atoms with Crippen molar-refractivity contribution in [2.75, 3.05) is 11.1 Å². The predicted octanol–water partition coefficient (Wildman–Crippen LogP) is 2.48. The molecule has 1 aromatic carbocycles. The first kappa shape index (κ1) is 13.6. The number of nitrogens with two attached hydrogens (primary N) is 1. The normalized spacial score (nSPS) is 10.5. The minimum Gasteiger partial charge on any atom is -0.396 e. The van der Waals surface area contributed by atoms with E-state index in [0.29, 0.717) is 5.69 Å². The average Bonchev–Trinajstić information content (AvgIpc) is 2.69. The number of amides is 1. The number of nitrogens with one attached hydrogen (secondary N) is 1. The van der Waals surface area contributed by atoms with Gasteiger partial charge >= 0.3 is 0 Å². The molecule has 0 saturated carbocycles. The molecular weight excluding hydrogens is 308 g/mol. The van der Waals surface area contributed by atoms with Gasteiger partial charge in [-0.2, -0.15) is 5.10 Å². The van der Waals surface area contributed by atoms with Crippen molar-refractivity contribution < 1.29 is 4.79 Å². The maximum Gasteiger partial charge on any atom is 0.246 e. The van der Waals surface area contributed by atoms with Crippen LogP contribution in [0.5, 0.6) is 0 Å².